The van der Waals surface area contributed by atoms with Crippen molar-refractivity contribution in [3.63, 3.8) is 0 Å². The molecule has 0 saturated carbocycles. The summed E-state index contributed by atoms with van der Waals surface area (Å²) in [5.41, 5.74) is -1.27. The normalized spacial score (nSPS) is 38.0. The Labute approximate surface area is 86.2 Å². The summed E-state index contributed by atoms with van der Waals surface area (Å²) in [6.07, 6.45) is 5.62. The maximum atomic E-state index is 10.0. The first kappa shape index (κ1) is 11.3. The predicted molar refractivity (Wildman–Crippen MR) is 56.5 cm³/mol. The number of rotatable bonds is 1. The zero-order valence-corrected chi connectivity index (χ0v) is 9.46. The van der Waals surface area contributed by atoms with Gasteiger partial charge in [0.2, 0.25) is 0 Å². The molecule has 2 heteroatoms. The van der Waals surface area contributed by atoms with Crippen LogP contribution in [0.3, 0.4) is 0 Å². The fraction of sp³-hybridized carbons (Fsp3) is 0.750. The highest BCUT2D eigenvalue weighted by molar-refractivity contribution is 5.20. The van der Waals surface area contributed by atoms with Gasteiger partial charge in [-0.3, -0.25) is 0 Å². The van der Waals surface area contributed by atoms with E-state index in [9.17, 15) is 5.11 Å². The lowest BCUT2D eigenvalue weighted by molar-refractivity contribution is -0.0287. The van der Waals surface area contributed by atoms with Crippen molar-refractivity contribution in [2.24, 2.45) is 10.8 Å². The van der Waals surface area contributed by atoms with Crippen LogP contribution in [0, 0.1) is 22.2 Å². The summed E-state index contributed by atoms with van der Waals surface area (Å²) < 4.78 is 0. The molecule has 1 aliphatic carbocycles. The Morgan fingerprint density at radius 1 is 1.29 bits per heavy atom. The molecule has 0 amide bonds. The van der Waals surface area contributed by atoms with E-state index in [4.69, 9.17) is 5.26 Å². The van der Waals surface area contributed by atoms with Crippen molar-refractivity contribution in [1.29, 1.82) is 5.26 Å². The Morgan fingerprint density at radius 3 is 2.14 bits per heavy atom. The Kier molecular flexibility index (Phi) is 2.49. The van der Waals surface area contributed by atoms with Gasteiger partial charge in [-0.15, -0.1) is 0 Å². The number of hydrogen-bond donors (Lipinski definition) is 1. The minimum atomic E-state index is -0.722. The molecule has 14 heavy (non-hydrogen) atoms. The third-order valence-corrected chi connectivity index (χ3v) is 3.64. The van der Waals surface area contributed by atoms with Crippen LogP contribution in [-0.2, 0) is 0 Å². The molecule has 0 saturated heterocycles. The van der Waals surface area contributed by atoms with Gasteiger partial charge in [0.25, 0.3) is 0 Å². The third kappa shape index (κ3) is 1.83. The summed E-state index contributed by atoms with van der Waals surface area (Å²) in [5, 5.41) is 19.0. The molecule has 0 aromatic carbocycles. The quantitative estimate of drug-likeness (QED) is 0.651. The van der Waals surface area contributed by atoms with Gasteiger partial charge >= 0.3 is 0 Å². The molecule has 2 nitrogen and oxygen atoms in total. The Hall–Kier alpha value is -0.810. The standard InChI is InChI=1S/C12H19NO/c1-10(2,14)12(4)7-5-11(3,9-13)6-8-12/h5,7,14H,6,8H2,1-4H3. The molecule has 0 aromatic rings. The molecular weight excluding hydrogens is 174 g/mol. The summed E-state index contributed by atoms with van der Waals surface area (Å²) in [7, 11) is 0. The van der Waals surface area contributed by atoms with E-state index in [0.717, 1.165) is 12.8 Å². The number of nitriles is 1. The van der Waals surface area contributed by atoms with Crippen LogP contribution in [0.15, 0.2) is 12.2 Å². The average Bonchev–Trinajstić information content (AvgIpc) is 2.09. The molecular formula is C12H19NO. The molecule has 0 aliphatic heterocycles. The first-order valence-corrected chi connectivity index (χ1v) is 5.07. The molecule has 0 fully saturated rings. The van der Waals surface area contributed by atoms with E-state index in [1.165, 1.54) is 0 Å². The van der Waals surface area contributed by atoms with Crippen molar-refractivity contribution >= 4 is 0 Å². The van der Waals surface area contributed by atoms with Crippen molar-refractivity contribution in [2.75, 3.05) is 0 Å². The molecule has 2 unspecified atom stereocenters. The fourth-order valence-corrected chi connectivity index (χ4v) is 1.66. The van der Waals surface area contributed by atoms with E-state index in [0.29, 0.717) is 0 Å². The van der Waals surface area contributed by atoms with E-state index in [1.54, 1.807) is 0 Å². The highest BCUT2D eigenvalue weighted by atomic mass is 16.3. The number of hydrogen-bond acceptors (Lipinski definition) is 2. The Balaban J connectivity index is 2.94. The molecule has 1 rings (SSSR count). The van der Waals surface area contributed by atoms with Crippen molar-refractivity contribution < 1.29 is 5.11 Å². The van der Waals surface area contributed by atoms with Gasteiger partial charge in [0.1, 0.15) is 0 Å². The van der Waals surface area contributed by atoms with Crippen LogP contribution in [0.2, 0.25) is 0 Å². The van der Waals surface area contributed by atoms with Gasteiger partial charge in [-0.1, -0.05) is 19.1 Å². The van der Waals surface area contributed by atoms with Crippen LogP contribution in [0.5, 0.6) is 0 Å². The molecule has 78 valence electrons. The Morgan fingerprint density at radius 2 is 1.86 bits per heavy atom. The van der Waals surface area contributed by atoms with Crippen LogP contribution >= 0.6 is 0 Å². The highest BCUT2D eigenvalue weighted by Crippen LogP contribution is 2.45. The lowest BCUT2D eigenvalue weighted by Crippen LogP contribution is -2.42. The maximum Gasteiger partial charge on any atom is 0.0728 e. The van der Waals surface area contributed by atoms with Crippen LogP contribution in [0.25, 0.3) is 0 Å². The first-order valence-electron chi connectivity index (χ1n) is 5.07. The van der Waals surface area contributed by atoms with Crippen molar-refractivity contribution in [3.05, 3.63) is 12.2 Å². The minimum Gasteiger partial charge on any atom is -0.390 e. The van der Waals surface area contributed by atoms with E-state index < -0.39 is 5.60 Å². The summed E-state index contributed by atoms with van der Waals surface area (Å²) in [6.45, 7) is 7.63. The van der Waals surface area contributed by atoms with E-state index in [-0.39, 0.29) is 10.8 Å². The van der Waals surface area contributed by atoms with Crippen LogP contribution in [0.4, 0.5) is 0 Å². The van der Waals surface area contributed by atoms with Crippen molar-refractivity contribution in [1.82, 2.24) is 0 Å². The molecule has 1 aliphatic rings. The number of aliphatic hydroxyl groups is 1. The molecule has 0 aromatic heterocycles. The molecule has 0 radical (unpaired) electrons. The SMILES string of the molecule is CC1(C#N)C=CC(C)(C(C)(C)O)CC1. The van der Waals surface area contributed by atoms with Gasteiger partial charge in [-0.2, -0.15) is 5.26 Å². The molecule has 0 bridgehead atoms. The molecule has 2 atom stereocenters. The molecule has 1 N–H and O–H groups in total. The van der Waals surface area contributed by atoms with E-state index >= 15 is 0 Å². The average molecular weight is 193 g/mol. The zero-order valence-electron chi connectivity index (χ0n) is 9.46. The van der Waals surface area contributed by atoms with Gasteiger partial charge in [0.05, 0.1) is 17.1 Å². The second-order valence-electron chi connectivity index (χ2n) is 5.34. The van der Waals surface area contributed by atoms with Gasteiger partial charge in [0.15, 0.2) is 0 Å². The van der Waals surface area contributed by atoms with E-state index in [2.05, 4.69) is 6.07 Å². The lowest BCUT2D eigenvalue weighted by Gasteiger charge is -2.42. The van der Waals surface area contributed by atoms with Gasteiger partial charge in [0, 0.05) is 5.41 Å². The largest absolute Gasteiger partial charge is 0.390 e. The predicted octanol–water partition coefficient (Wildman–Crippen LogP) is 2.64. The van der Waals surface area contributed by atoms with Crippen LogP contribution < -0.4 is 0 Å². The summed E-state index contributed by atoms with van der Waals surface area (Å²) in [5.74, 6) is 0. The fourth-order valence-electron chi connectivity index (χ4n) is 1.66. The summed E-state index contributed by atoms with van der Waals surface area (Å²) in [4.78, 5) is 0. The monoisotopic (exact) mass is 193 g/mol. The van der Waals surface area contributed by atoms with E-state index in [1.807, 2.05) is 39.8 Å². The number of allylic oxidation sites excluding steroid dienone is 1. The highest BCUT2D eigenvalue weighted by Gasteiger charge is 2.41. The Bertz CT molecular complexity index is 294. The third-order valence-electron chi connectivity index (χ3n) is 3.64. The first-order chi connectivity index (χ1) is 6.22. The molecule has 0 spiro atoms. The van der Waals surface area contributed by atoms with Crippen molar-refractivity contribution in [3.8, 4) is 6.07 Å². The smallest absolute Gasteiger partial charge is 0.0728 e. The van der Waals surface area contributed by atoms with Crippen LogP contribution in [0.1, 0.15) is 40.5 Å². The molecule has 0 heterocycles. The zero-order chi connectivity index (χ0) is 11.0. The second kappa shape index (κ2) is 3.10. The van der Waals surface area contributed by atoms with Crippen LogP contribution in [-0.4, -0.2) is 10.7 Å². The minimum absolute atomic E-state index is 0.205. The number of nitrogens with zero attached hydrogens (tertiary/aromatic N) is 1. The van der Waals surface area contributed by atoms with Gasteiger partial charge < -0.3 is 5.11 Å². The lowest BCUT2D eigenvalue weighted by atomic mass is 9.64. The summed E-state index contributed by atoms with van der Waals surface area (Å²) in [6, 6.07) is 2.30. The second-order valence-corrected chi connectivity index (χ2v) is 5.34. The topological polar surface area (TPSA) is 44.0 Å². The van der Waals surface area contributed by atoms with Crippen molar-refractivity contribution in [2.45, 2.75) is 46.1 Å². The summed E-state index contributed by atoms with van der Waals surface area (Å²) >= 11 is 0. The maximum absolute atomic E-state index is 10.0. The van der Waals surface area contributed by atoms with Gasteiger partial charge in [-0.25, -0.2) is 0 Å². The van der Waals surface area contributed by atoms with Gasteiger partial charge in [-0.05, 0) is 33.6 Å².